The second kappa shape index (κ2) is 5.91. The van der Waals surface area contributed by atoms with Crippen LogP contribution in [0.25, 0.3) is 0 Å². The maximum Gasteiger partial charge on any atom is 0.263 e. The van der Waals surface area contributed by atoms with Gasteiger partial charge < -0.3 is 15.7 Å². The standard InChI is InChI=1S/C14H17N3O2/c1-14(2,3)17-13(19)10(8-15)9-16-11-5-4-6-12(18)7-11/h4-7,9,16,18H,1-3H3,(H,17,19)/b10-9-. The van der Waals surface area contributed by atoms with Crippen LogP contribution in [0.15, 0.2) is 36.0 Å². The van der Waals surface area contributed by atoms with Crippen molar-refractivity contribution in [2.24, 2.45) is 0 Å². The number of benzene rings is 1. The minimum Gasteiger partial charge on any atom is -0.508 e. The molecule has 0 unspecified atom stereocenters. The lowest BCUT2D eigenvalue weighted by molar-refractivity contribution is -0.118. The first-order valence-electron chi connectivity index (χ1n) is 5.80. The average Bonchev–Trinajstić information content (AvgIpc) is 2.27. The maximum absolute atomic E-state index is 11.8. The van der Waals surface area contributed by atoms with Crippen LogP contribution in [-0.2, 0) is 4.79 Å². The Labute approximate surface area is 112 Å². The van der Waals surface area contributed by atoms with Gasteiger partial charge in [-0.2, -0.15) is 5.26 Å². The van der Waals surface area contributed by atoms with E-state index in [9.17, 15) is 9.90 Å². The van der Waals surface area contributed by atoms with Crippen molar-refractivity contribution in [3.63, 3.8) is 0 Å². The monoisotopic (exact) mass is 259 g/mol. The number of aromatic hydroxyl groups is 1. The van der Waals surface area contributed by atoms with Gasteiger partial charge in [-0.05, 0) is 32.9 Å². The molecule has 5 heteroatoms. The van der Waals surface area contributed by atoms with E-state index < -0.39 is 11.4 Å². The number of nitrogens with zero attached hydrogens (tertiary/aromatic N) is 1. The van der Waals surface area contributed by atoms with Gasteiger partial charge in [0, 0.05) is 23.5 Å². The SMILES string of the molecule is CC(C)(C)NC(=O)/C(C#N)=C\Nc1cccc(O)c1. The van der Waals surface area contributed by atoms with E-state index >= 15 is 0 Å². The molecule has 0 bridgehead atoms. The van der Waals surface area contributed by atoms with E-state index in [4.69, 9.17) is 5.26 Å². The molecule has 0 aliphatic carbocycles. The molecule has 0 aromatic heterocycles. The van der Waals surface area contributed by atoms with E-state index in [0.29, 0.717) is 5.69 Å². The summed E-state index contributed by atoms with van der Waals surface area (Å²) in [7, 11) is 0. The van der Waals surface area contributed by atoms with Crippen LogP contribution in [0.3, 0.4) is 0 Å². The van der Waals surface area contributed by atoms with E-state index in [0.717, 1.165) is 0 Å². The number of hydrogen-bond donors (Lipinski definition) is 3. The molecule has 0 aliphatic rings. The number of rotatable bonds is 3. The lowest BCUT2D eigenvalue weighted by Gasteiger charge is -2.20. The Morgan fingerprint density at radius 1 is 1.42 bits per heavy atom. The van der Waals surface area contributed by atoms with Crippen LogP contribution in [0.2, 0.25) is 0 Å². The molecule has 0 aliphatic heterocycles. The fourth-order valence-electron chi connectivity index (χ4n) is 1.31. The number of nitrogens with one attached hydrogen (secondary N) is 2. The van der Waals surface area contributed by atoms with Gasteiger partial charge in [-0.1, -0.05) is 6.07 Å². The van der Waals surface area contributed by atoms with Crippen molar-refractivity contribution in [2.75, 3.05) is 5.32 Å². The molecule has 100 valence electrons. The summed E-state index contributed by atoms with van der Waals surface area (Å²) in [5, 5.41) is 23.7. The molecule has 1 amide bonds. The number of amides is 1. The van der Waals surface area contributed by atoms with Crippen LogP contribution in [0.5, 0.6) is 5.75 Å². The lowest BCUT2D eigenvalue weighted by atomic mass is 10.1. The zero-order chi connectivity index (χ0) is 14.5. The summed E-state index contributed by atoms with van der Waals surface area (Å²) in [6.07, 6.45) is 1.32. The van der Waals surface area contributed by atoms with Crippen molar-refractivity contribution < 1.29 is 9.90 Å². The quantitative estimate of drug-likeness (QED) is 0.573. The van der Waals surface area contributed by atoms with Crippen molar-refractivity contribution in [3.05, 3.63) is 36.0 Å². The highest BCUT2D eigenvalue weighted by atomic mass is 16.3. The number of hydrogen-bond acceptors (Lipinski definition) is 4. The highest BCUT2D eigenvalue weighted by Gasteiger charge is 2.16. The molecule has 5 nitrogen and oxygen atoms in total. The maximum atomic E-state index is 11.8. The number of nitriles is 1. The molecule has 0 heterocycles. The van der Waals surface area contributed by atoms with Gasteiger partial charge in [0.25, 0.3) is 5.91 Å². The highest BCUT2D eigenvalue weighted by Crippen LogP contribution is 2.15. The van der Waals surface area contributed by atoms with Crippen molar-refractivity contribution in [1.29, 1.82) is 5.26 Å². The summed E-state index contributed by atoms with van der Waals surface area (Å²) < 4.78 is 0. The van der Waals surface area contributed by atoms with E-state index in [2.05, 4.69) is 10.6 Å². The van der Waals surface area contributed by atoms with Gasteiger partial charge in [-0.15, -0.1) is 0 Å². The Morgan fingerprint density at radius 2 is 2.11 bits per heavy atom. The van der Waals surface area contributed by atoms with Gasteiger partial charge in [0.05, 0.1) is 0 Å². The smallest absolute Gasteiger partial charge is 0.263 e. The Bertz CT molecular complexity index is 536. The molecule has 0 atom stereocenters. The molecule has 1 rings (SSSR count). The Balaban J connectivity index is 2.78. The molecule has 0 radical (unpaired) electrons. The molecule has 0 fully saturated rings. The van der Waals surface area contributed by atoms with E-state index in [1.807, 2.05) is 26.8 Å². The summed E-state index contributed by atoms with van der Waals surface area (Å²) in [5.41, 5.74) is 0.160. The van der Waals surface area contributed by atoms with Gasteiger partial charge in [-0.25, -0.2) is 0 Å². The lowest BCUT2D eigenvalue weighted by Crippen LogP contribution is -2.41. The van der Waals surface area contributed by atoms with Crippen LogP contribution in [0, 0.1) is 11.3 Å². The van der Waals surface area contributed by atoms with E-state index in [1.54, 1.807) is 12.1 Å². The normalized spacial score (nSPS) is 11.6. The first kappa shape index (κ1) is 14.6. The topological polar surface area (TPSA) is 85.2 Å². The zero-order valence-electron chi connectivity index (χ0n) is 11.2. The van der Waals surface area contributed by atoms with Crippen LogP contribution < -0.4 is 10.6 Å². The molecule has 19 heavy (non-hydrogen) atoms. The zero-order valence-corrected chi connectivity index (χ0v) is 11.2. The van der Waals surface area contributed by atoms with Gasteiger partial charge in [0.2, 0.25) is 0 Å². The van der Waals surface area contributed by atoms with Crippen LogP contribution in [-0.4, -0.2) is 16.6 Å². The first-order chi connectivity index (χ1) is 8.81. The van der Waals surface area contributed by atoms with Crippen LogP contribution >= 0.6 is 0 Å². The van der Waals surface area contributed by atoms with Crippen LogP contribution in [0.1, 0.15) is 20.8 Å². The predicted molar refractivity (Wildman–Crippen MR) is 73.3 cm³/mol. The minimum atomic E-state index is -0.442. The summed E-state index contributed by atoms with van der Waals surface area (Å²) in [5.74, 6) is -0.335. The Hall–Kier alpha value is -2.48. The second-order valence-corrected chi connectivity index (χ2v) is 5.07. The fourth-order valence-corrected chi connectivity index (χ4v) is 1.31. The second-order valence-electron chi connectivity index (χ2n) is 5.07. The van der Waals surface area contributed by atoms with Gasteiger partial charge in [0.1, 0.15) is 17.4 Å². The Kier molecular flexibility index (Phi) is 4.54. The van der Waals surface area contributed by atoms with Crippen molar-refractivity contribution in [2.45, 2.75) is 26.3 Å². The number of phenols is 1. The summed E-state index contributed by atoms with van der Waals surface area (Å²) in [4.78, 5) is 11.8. The summed E-state index contributed by atoms with van der Waals surface area (Å²) in [6.45, 7) is 5.51. The number of anilines is 1. The molecule has 3 N–H and O–H groups in total. The van der Waals surface area contributed by atoms with E-state index in [1.165, 1.54) is 18.3 Å². The molecule has 0 saturated carbocycles. The van der Waals surface area contributed by atoms with Crippen molar-refractivity contribution >= 4 is 11.6 Å². The Morgan fingerprint density at radius 3 is 2.63 bits per heavy atom. The molecular formula is C14H17N3O2. The molecule has 1 aromatic carbocycles. The molecular weight excluding hydrogens is 242 g/mol. The van der Waals surface area contributed by atoms with Gasteiger partial charge in [-0.3, -0.25) is 4.79 Å². The minimum absolute atomic E-state index is 0.0294. The largest absolute Gasteiger partial charge is 0.508 e. The molecule has 0 saturated heterocycles. The summed E-state index contributed by atoms with van der Waals surface area (Å²) in [6, 6.07) is 8.24. The average molecular weight is 259 g/mol. The number of phenolic OH excluding ortho intramolecular Hbond substituents is 1. The third kappa shape index (κ3) is 5.13. The third-order valence-electron chi connectivity index (χ3n) is 2.08. The van der Waals surface area contributed by atoms with Gasteiger partial charge >= 0.3 is 0 Å². The highest BCUT2D eigenvalue weighted by molar-refractivity contribution is 5.97. The summed E-state index contributed by atoms with van der Waals surface area (Å²) >= 11 is 0. The third-order valence-corrected chi connectivity index (χ3v) is 2.08. The van der Waals surface area contributed by atoms with Crippen LogP contribution in [0.4, 0.5) is 5.69 Å². The van der Waals surface area contributed by atoms with Crippen molar-refractivity contribution in [3.8, 4) is 11.8 Å². The molecule has 0 spiro atoms. The predicted octanol–water partition coefficient (Wildman–Crippen LogP) is 2.13. The first-order valence-corrected chi connectivity index (χ1v) is 5.80. The van der Waals surface area contributed by atoms with Crippen molar-refractivity contribution in [1.82, 2.24) is 5.32 Å². The van der Waals surface area contributed by atoms with E-state index in [-0.39, 0.29) is 11.3 Å². The fraction of sp³-hybridized carbons (Fsp3) is 0.286. The number of carbonyl (C=O) groups is 1. The van der Waals surface area contributed by atoms with Gasteiger partial charge in [0.15, 0.2) is 0 Å². The number of carbonyl (C=O) groups excluding carboxylic acids is 1. The molecule has 1 aromatic rings.